The van der Waals surface area contributed by atoms with Crippen molar-refractivity contribution in [1.29, 1.82) is 0 Å². The summed E-state index contributed by atoms with van der Waals surface area (Å²) in [5.41, 5.74) is 4.90. The smallest absolute Gasteiger partial charge is 0.255 e. The number of aromatic hydroxyl groups is 1. The number of fused-ring (bicyclic) bond motifs is 1. The lowest BCUT2D eigenvalue weighted by Crippen LogP contribution is -2.23. The monoisotopic (exact) mass is 361 g/mol. The Morgan fingerprint density at radius 3 is 2.67 bits per heavy atom. The van der Waals surface area contributed by atoms with E-state index in [9.17, 15) is 9.90 Å². The molecular formula is C22H23N3O2. The van der Waals surface area contributed by atoms with Crippen LogP contribution in [0.5, 0.6) is 5.75 Å². The number of carbonyl (C=O) groups is 1. The fraction of sp³-hybridized carbons (Fsp3) is 0.273. The first kappa shape index (κ1) is 17.3. The highest BCUT2D eigenvalue weighted by Gasteiger charge is 2.17. The van der Waals surface area contributed by atoms with Gasteiger partial charge in [-0.05, 0) is 60.1 Å². The quantitative estimate of drug-likeness (QED) is 0.731. The number of imidazole rings is 1. The zero-order valence-corrected chi connectivity index (χ0v) is 15.2. The number of rotatable bonds is 5. The van der Waals surface area contributed by atoms with Gasteiger partial charge in [0.25, 0.3) is 5.91 Å². The van der Waals surface area contributed by atoms with Crippen molar-refractivity contribution in [3.8, 4) is 5.75 Å². The van der Waals surface area contributed by atoms with Crippen molar-refractivity contribution < 1.29 is 9.90 Å². The average Bonchev–Trinajstić information content (AvgIpc) is 3.19. The lowest BCUT2D eigenvalue weighted by Gasteiger charge is -2.17. The molecule has 0 fully saturated rings. The van der Waals surface area contributed by atoms with Crippen LogP contribution in [0.1, 0.15) is 45.5 Å². The Bertz CT molecular complexity index is 948. The molecular weight excluding hydrogens is 338 g/mol. The van der Waals surface area contributed by atoms with E-state index >= 15 is 0 Å². The first-order chi connectivity index (χ1) is 13.2. The van der Waals surface area contributed by atoms with Crippen LogP contribution in [0.25, 0.3) is 0 Å². The van der Waals surface area contributed by atoms with Gasteiger partial charge in [0, 0.05) is 25.5 Å². The Kier molecular flexibility index (Phi) is 4.92. The zero-order chi connectivity index (χ0) is 18.6. The first-order valence-corrected chi connectivity index (χ1v) is 9.35. The Balaban J connectivity index is 1.43. The molecule has 1 aromatic heterocycles. The van der Waals surface area contributed by atoms with Crippen LogP contribution in [0.3, 0.4) is 0 Å². The van der Waals surface area contributed by atoms with E-state index in [0.717, 1.165) is 43.4 Å². The number of hydrogen-bond donors (Lipinski definition) is 2. The van der Waals surface area contributed by atoms with Crippen molar-refractivity contribution in [1.82, 2.24) is 14.9 Å². The fourth-order valence-electron chi connectivity index (χ4n) is 3.66. The van der Waals surface area contributed by atoms with Gasteiger partial charge in [0.1, 0.15) is 5.75 Å². The predicted molar refractivity (Wildman–Crippen MR) is 104 cm³/mol. The maximum Gasteiger partial charge on any atom is 0.255 e. The van der Waals surface area contributed by atoms with E-state index in [4.69, 9.17) is 0 Å². The van der Waals surface area contributed by atoms with Crippen LogP contribution in [-0.4, -0.2) is 20.6 Å². The van der Waals surface area contributed by atoms with Crippen LogP contribution in [0.15, 0.2) is 55.1 Å². The average molecular weight is 361 g/mol. The summed E-state index contributed by atoms with van der Waals surface area (Å²) in [5, 5.41) is 13.2. The van der Waals surface area contributed by atoms with Gasteiger partial charge in [0.2, 0.25) is 0 Å². The molecule has 2 aromatic carbocycles. The van der Waals surface area contributed by atoms with Crippen molar-refractivity contribution in [3.63, 3.8) is 0 Å². The third kappa shape index (κ3) is 4.03. The number of hydrogen-bond acceptors (Lipinski definition) is 3. The van der Waals surface area contributed by atoms with E-state index in [0.29, 0.717) is 12.1 Å². The summed E-state index contributed by atoms with van der Waals surface area (Å²) in [6.45, 7) is 1.17. The van der Waals surface area contributed by atoms with Gasteiger partial charge in [-0.25, -0.2) is 4.98 Å². The van der Waals surface area contributed by atoms with Gasteiger partial charge in [0.05, 0.1) is 11.9 Å². The van der Waals surface area contributed by atoms with Gasteiger partial charge in [-0.15, -0.1) is 0 Å². The molecule has 4 rings (SSSR count). The molecule has 1 heterocycles. The van der Waals surface area contributed by atoms with Crippen LogP contribution in [0.2, 0.25) is 0 Å². The zero-order valence-electron chi connectivity index (χ0n) is 15.2. The number of nitrogens with one attached hydrogen (secondary N) is 1. The summed E-state index contributed by atoms with van der Waals surface area (Å²) >= 11 is 0. The van der Waals surface area contributed by atoms with Crippen molar-refractivity contribution in [3.05, 3.63) is 82.9 Å². The predicted octanol–water partition coefficient (Wildman–Crippen LogP) is 3.45. The molecule has 0 saturated heterocycles. The molecule has 0 saturated carbocycles. The van der Waals surface area contributed by atoms with Crippen molar-refractivity contribution >= 4 is 5.91 Å². The van der Waals surface area contributed by atoms with Crippen LogP contribution in [-0.2, 0) is 25.9 Å². The minimum atomic E-state index is -0.235. The number of aromatic nitrogens is 2. The molecule has 3 aromatic rings. The van der Waals surface area contributed by atoms with E-state index in [1.54, 1.807) is 18.6 Å². The molecule has 2 N–H and O–H groups in total. The molecule has 0 aliphatic heterocycles. The lowest BCUT2D eigenvalue weighted by atomic mass is 9.90. The fourth-order valence-corrected chi connectivity index (χ4v) is 3.66. The third-order valence-corrected chi connectivity index (χ3v) is 5.07. The second kappa shape index (κ2) is 7.66. The van der Waals surface area contributed by atoms with E-state index in [-0.39, 0.29) is 11.7 Å². The van der Waals surface area contributed by atoms with E-state index in [1.807, 2.05) is 29.0 Å². The van der Waals surface area contributed by atoms with Crippen LogP contribution in [0, 0.1) is 0 Å². The lowest BCUT2D eigenvalue weighted by molar-refractivity contribution is 0.0948. The molecule has 0 unspecified atom stereocenters. The molecule has 0 bridgehead atoms. The second-order valence-electron chi connectivity index (χ2n) is 7.08. The molecule has 138 valence electrons. The number of phenolic OH excluding ortho intramolecular Hbond substituents is 1. The Labute approximate surface area is 158 Å². The SMILES string of the molecule is O=C(NCc1cccc(Cn2ccnc2)c1)c1cc2c(cc1O)CCCC2. The van der Waals surface area contributed by atoms with Crippen LogP contribution >= 0.6 is 0 Å². The molecule has 0 radical (unpaired) electrons. The summed E-state index contributed by atoms with van der Waals surface area (Å²) in [4.78, 5) is 16.6. The number of carbonyl (C=O) groups excluding carboxylic acids is 1. The second-order valence-corrected chi connectivity index (χ2v) is 7.08. The van der Waals surface area contributed by atoms with Crippen LogP contribution in [0.4, 0.5) is 0 Å². The summed E-state index contributed by atoms with van der Waals surface area (Å²) in [6.07, 6.45) is 9.71. The minimum absolute atomic E-state index is 0.0713. The topological polar surface area (TPSA) is 67.2 Å². The molecule has 5 heteroatoms. The highest BCUT2D eigenvalue weighted by molar-refractivity contribution is 5.97. The summed E-state index contributed by atoms with van der Waals surface area (Å²) in [5.74, 6) is -0.164. The molecule has 0 atom stereocenters. The van der Waals surface area contributed by atoms with Crippen molar-refractivity contribution in [2.75, 3.05) is 0 Å². The Morgan fingerprint density at radius 1 is 1.11 bits per heavy atom. The van der Waals surface area contributed by atoms with Crippen molar-refractivity contribution in [2.24, 2.45) is 0 Å². The minimum Gasteiger partial charge on any atom is -0.507 e. The van der Waals surface area contributed by atoms with Gasteiger partial charge < -0.3 is 15.0 Å². The molecule has 5 nitrogen and oxygen atoms in total. The number of benzene rings is 2. The number of phenols is 1. The van der Waals surface area contributed by atoms with Crippen LogP contribution < -0.4 is 5.32 Å². The van der Waals surface area contributed by atoms with Gasteiger partial charge >= 0.3 is 0 Å². The maximum absolute atomic E-state index is 12.6. The summed E-state index contributed by atoms with van der Waals surface area (Å²) < 4.78 is 2.00. The number of aryl methyl sites for hydroxylation is 2. The summed E-state index contributed by atoms with van der Waals surface area (Å²) in [7, 11) is 0. The van der Waals surface area contributed by atoms with Gasteiger partial charge in [-0.2, -0.15) is 0 Å². The molecule has 27 heavy (non-hydrogen) atoms. The van der Waals surface area contributed by atoms with Gasteiger partial charge in [-0.1, -0.05) is 24.3 Å². The largest absolute Gasteiger partial charge is 0.507 e. The normalized spacial score (nSPS) is 13.2. The van der Waals surface area contributed by atoms with E-state index in [2.05, 4.69) is 22.4 Å². The van der Waals surface area contributed by atoms with Crippen molar-refractivity contribution in [2.45, 2.75) is 38.8 Å². The Morgan fingerprint density at radius 2 is 1.89 bits per heavy atom. The standard InChI is InChI=1S/C22H23N3O2/c26-21-12-19-7-2-1-6-18(19)11-20(21)22(27)24-13-16-4-3-5-17(10-16)14-25-9-8-23-15-25/h3-5,8-12,15,26H,1-2,6-7,13-14H2,(H,24,27). The molecule has 1 aliphatic rings. The highest BCUT2D eigenvalue weighted by Crippen LogP contribution is 2.28. The summed E-state index contributed by atoms with van der Waals surface area (Å²) in [6, 6.07) is 11.7. The number of nitrogens with zero attached hydrogens (tertiary/aromatic N) is 2. The van der Waals surface area contributed by atoms with Gasteiger partial charge in [-0.3, -0.25) is 4.79 Å². The van der Waals surface area contributed by atoms with E-state index < -0.39 is 0 Å². The highest BCUT2D eigenvalue weighted by atomic mass is 16.3. The first-order valence-electron chi connectivity index (χ1n) is 9.35. The van der Waals surface area contributed by atoms with Gasteiger partial charge in [0.15, 0.2) is 0 Å². The molecule has 1 amide bonds. The molecule has 1 aliphatic carbocycles. The maximum atomic E-state index is 12.6. The third-order valence-electron chi connectivity index (χ3n) is 5.07. The Hall–Kier alpha value is -3.08. The van der Waals surface area contributed by atoms with E-state index in [1.165, 1.54) is 11.1 Å². The number of amides is 1. The molecule has 0 spiro atoms.